The fraction of sp³-hybridized carbons (Fsp3) is 0.682. The van der Waals surface area contributed by atoms with Gasteiger partial charge in [0.1, 0.15) is 0 Å². The van der Waals surface area contributed by atoms with Crippen molar-refractivity contribution in [3.63, 3.8) is 0 Å². The van der Waals surface area contributed by atoms with Crippen molar-refractivity contribution in [1.29, 1.82) is 0 Å². The Morgan fingerprint density at radius 3 is 2.56 bits per heavy atom. The molecule has 2 saturated heterocycles. The second kappa shape index (κ2) is 7.90. The molecule has 0 aromatic heterocycles. The molecule has 1 aliphatic carbocycles. The van der Waals surface area contributed by atoms with Gasteiger partial charge in [-0.05, 0) is 63.0 Å². The van der Waals surface area contributed by atoms with Gasteiger partial charge >= 0.3 is 0 Å². The lowest BCUT2D eigenvalue weighted by Gasteiger charge is -2.44. The first-order valence-electron chi connectivity index (χ1n) is 10.4. The van der Waals surface area contributed by atoms with Crippen LogP contribution in [0.3, 0.4) is 0 Å². The van der Waals surface area contributed by atoms with Crippen molar-refractivity contribution in [2.45, 2.75) is 69.9 Å². The zero-order chi connectivity index (χ0) is 17.1. The first-order valence-corrected chi connectivity index (χ1v) is 10.4. The number of hydrogen-bond acceptors (Lipinski definition) is 2. The third kappa shape index (κ3) is 3.92. The van der Waals surface area contributed by atoms with Gasteiger partial charge in [0.15, 0.2) is 0 Å². The summed E-state index contributed by atoms with van der Waals surface area (Å²) in [6, 6.07) is 11.8. The molecule has 4 rings (SSSR count). The summed E-state index contributed by atoms with van der Waals surface area (Å²) in [6.07, 6.45) is 11.4. The number of hydrogen-bond donors (Lipinski definition) is 0. The number of fused-ring (bicyclic) bond motifs is 1. The van der Waals surface area contributed by atoms with Gasteiger partial charge in [0.25, 0.3) is 0 Å². The highest BCUT2D eigenvalue weighted by Gasteiger charge is 2.37. The van der Waals surface area contributed by atoms with Crippen molar-refractivity contribution in [3.8, 4) is 0 Å². The topological polar surface area (TPSA) is 23.6 Å². The molecule has 3 atom stereocenters. The van der Waals surface area contributed by atoms with Crippen LogP contribution >= 0.6 is 0 Å². The van der Waals surface area contributed by atoms with Crippen LogP contribution in [-0.4, -0.2) is 47.4 Å². The molecule has 136 valence electrons. The SMILES string of the molecule is O=C(CN1CCC[C@@H]1Cc1ccccc1)N1CCC[C@@H]2CCCC[C@H]21. The Morgan fingerprint density at radius 2 is 1.68 bits per heavy atom. The Morgan fingerprint density at radius 1 is 0.920 bits per heavy atom. The molecule has 0 radical (unpaired) electrons. The van der Waals surface area contributed by atoms with Crippen LogP contribution in [0, 0.1) is 5.92 Å². The second-order valence-corrected chi connectivity index (χ2v) is 8.30. The van der Waals surface area contributed by atoms with E-state index >= 15 is 0 Å². The van der Waals surface area contributed by atoms with Gasteiger partial charge in [0.2, 0.25) is 5.91 Å². The van der Waals surface area contributed by atoms with E-state index in [-0.39, 0.29) is 0 Å². The molecule has 1 amide bonds. The van der Waals surface area contributed by atoms with Crippen molar-refractivity contribution >= 4 is 5.91 Å². The molecule has 1 aromatic rings. The van der Waals surface area contributed by atoms with Crippen molar-refractivity contribution in [2.24, 2.45) is 5.92 Å². The Bertz CT molecular complexity index is 571. The van der Waals surface area contributed by atoms with Crippen LogP contribution < -0.4 is 0 Å². The summed E-state index contributed by atoms with van der Waals surface area (Å²) in [4.78, 5) is 17.8. The van der Waals surface area contributed by atoms with E-state index in [1.54, 1.807) is 0 Å². The fourth-order valence-electron chi connectivity index (χ4n) is 5.42. The van der Waals surface area contributed by atoms with Crippen LogP contribution in [0.2, 0.25) is 0 Å². The maximum Gasteiger partial charge on any atom is 0.237 e. The number of nitrogens with zero attached hydrogens (tertiary/aromatic N) is 2. The Hall–Kier alpha value is -1.35. The summed E-state index contributed by atoms with van der Waals surface area (Å²) < 4.78 is 0. The molecule has 1 aromatic carbocycles. The zero-order valence-corrected chi connectivity index (χ0v) is 15.4. The molecular weight excluding hydrogens is 308 g/mol. The first kappa shape index (κ1) is 17.1. The van der Waals surface area contributed by atoms with Crippen molar-refractivity contribution < 1.29 is 4.79 Å². The van der Waals surface area contributed by atoms with E-state index in [4.69, 9.17) is 0 Å². The summed E-state index contributed by atoms with van der Waals surface area (Å²) in [5.41, 5.74) is 1.40. The van der Waals surface area contributed by atoms with Crippen molar-refractivity contribution in [1.82, 2.24) is 9.80 Å². The van der Waals surface area contributed by atoms with E-state index in [1.807, 2.05) is 0 Å². The fourth-order valence-corrected chi connectivity index (χ4v) is 5.42. The van der Waals surface area contributed by atoms with Gasteiger partial charge < -0.3 is 4.90 Å². The number of carbonyl (C=O) groups excluding carboxylic acids is 1. The predicted molar refractivity (Wildman–Crippen MR) is 101 cm³/mol. The maximum absolute atomic E-state index is 13.1. The van der Waals surface area contributed by atoms with Crippen LogP contribution in [-0.2, 0) is 11.2 Å². The van der Waals surface area contributed by atoms with Crippen molar-refractivity contribution in [2.75, 3.05) is 19.6 Å². The van der Waals surface area contributed by atoms with Gasteiger partial charge in [-0.3, -0.25) is 9.69 Å². The van der Waals surface area contributed by atoms with Gasteiger partial charge in [0.05, 0.1) is 6.54 Å². The Kier molecular flexibility index (Phi) is 5.40. The molecule has 2 aliphatic heterocycles. The Labute approximate surface area is 152 Å². The first-order chi connectivity index (χ1) is 12.3. The minimum Gasteiger partial charge on any atom is -0.338 e. The van der Waals surface area contributed by atoms with Crippen molar-refractivity contribution in [3.05, 3.63) is 35.9 Å². The molecule has 25 heavy (non-hydrogen) atoms. The summed E-state index contributed by atoms with van der Waals surface area (Å²) in [5, 5.41) is 0. The van der Waals surface area contributed by atoms with Crippen LogP contribution in [0.1, 0.15) is 56.9 Å². The monoisotopic (exact) mass is 340 g/mol. The summed E-state index contributed by atoms with van der Waals surface area (Å²) in [6.45, 7) is 2.73. The molecule has 0 unspecified atom stereocenters. The summed E-state index contributed by atoms with van der Waals surface area (Å²) in [7, 11) is 0. The molecule has 3 nitrogen and oxygen atoms in total. The van der Waals surface area contributed by atoms with E-state index in [9.17, 15) is 4.79 Å². The predicted octanol–water partition coefficient (Wildman–Crippen LogP) is 3.87. The quantitative estimate of drug-likeness (QED) is 0.830. The van der Waals surface area contributed by atoms with E-state index < -0.39 is 0 Å². The van der Waals surface area contributed by atoms with E-state index in [2.05, 4.69) is 40.1 Å². The highest BCUT2D eigenvalue weighted by molar-refractivity contribution is 5.79. The molecule has 3 heteroatoms. The highest BCUT2D eigenvalue weighted by atomic mass is 16.2. The normalized spacial score (nSPS) is 30.2. The van der Waals surface area contributed by atoms with E-state index in [1.165, 1.54) is 56.9 Å². The lowest BCUT2D eigenvalue weighted by atomic mass is 9.78. The average molecular weight is 341 g/mol. The van der Waals surface area contributed by atoms with E-state index in [0.29, 0.717) is 24.5 Å². The minimum absolute atomic E-state index is 0.400. The number of amides is 1. The molecule has 0 N–H and O–H groups in total. The van der Waals surface area contributed by atoms with Crippen LogP contribution in [0.5, 0.6) is 0 Å². The molecular formula is C22H32N2O. The van der Waals surface area contributed by atoms with Crippen LogP contribution in [0.4, 0.5) is 0 Å². The average Bonchev–Trinajstić information content (AvgIpc) is 3.08. The van der Waals surface area contributed by atoms with Gasteiger partial charge in [-0.2, -0.15) is 0 Å². The second-order valence-electron chi connectivity index (χ2n) is 8.30. The number of carbonyl (C=O) groups is 1. The summed E-state index contributed by atoms with van der Waals surface area (Å²) >= 11 is 0. The molecule has 1 saturated carbocycles. The van der Waals surface area contributed by atoms with Gasteiger partial charge in [-0.15, -0.1) is 0 Å². The standard InChI is InChI=1S/C22H32N2O/c25-22(24-15-6-11-19-10-4-5-13-21(19)24)17-23-14-7-12-20(23)16-18-8-2-1-3-9-18/h1-3,8-9,19-21H,4-7,10-17H2/t19-,20+,21+/m0/s1. The number of piperidine rings is 1. The number of rotatable bonds is 4. The molecule has 2 heterocycles. The smallest absolute Gasteiger partial charge is 0.237 e. The lowest BCUT2D eigenvalue weighted by molar-refractivity contribution is -0.139. The minimum atomic E-state index is 0.400. The van der Waals surface area contributed by atoms with Gasteiger partial charge in [-0.25, -0.2) is 0 Å². The third-order valence-corrected chi connectivity index (χ3v) is 6.72. The highest BCUT2D eigenvalue weighted by Crippen LogP contribution is 2.35. The number of benzene rings is 1. The molecule has 0 spiro atoms. The van der Waals surface area contributed by atoms with Gasteiger partial charge in [0, 0.05) is 18.6 Å². The molecule has 3 aliphatic rings. The Balaban J connectivity index is 1.37. The van der Waals surface area contributed by atoms with Crippen LogP contribution in [0.25, 0.3) is 0 Å². The lowest BCUT2D eigenvalue weighted by Crippen LogP contribution is -2.53. The van der Waals surface area contributed by atoms with E-state index in [0.717, 1.165) is 25.4 Å². The third-order valence-electron chi connectivity index (χ3n) is 6.72. The molecule has 3 fully saturated rings. The zero-order valence-electron chi connectivity index (χ0n) is 15.4. The summed E-state index contributed by atoms with van der Waals surface area (Å²) in [5.74, 6) is 1.18. The van der Waals surface area contributed by atoms with Crippen LogP contribution in [0.15, 0.2) is 30.3 Å². The largest absolute Gasteiger partial charge is 0.338 e. The van der Waals surface area contributed by atoms with Gasteiger partial charge in [-0.1, -0.05) is 43.2 Å². The molecule has 0 bridgehead atoms. The number of likely N-dealkylation sites (tertiary alicyclic amines) is 2. The maximum atomic E-state index is 13.1.